The second-order valence-corrected chi connectivity index (χ2v) is 3.28. The van der Waals surface area contributed by atoms with Gasteiger partial charge in [-0.1, -0.05) is 13.8 Å². The van der Waals surface area contributed by atoms with E-state index in [2.05, 4.69) is 20.8 Å². The summed E-state index contributed by atoms with van der Waals surface area (Å²) in [5.74, 6) is 1.08. The third-order valence-corrected chi connectivity index (χ3v) is 2.73. The highest BCUT2D eigenvalue weighted by Gasteiger charge is 2.35. The third kappa shape index (κ3) is 1.18. The standard InChI is InChI=1S/C8H16O2/c1-5-6(2)8(4-9)10-7(5)3/h5-9H,4H2,1-3H3/t5-,6+,7?,8-/m1/s1. The van der Waals surface area contributed by atoms with Crippen LogP contribution in [-0.2, 0) is 4.74 Å². The Morgan fingerprint density at radius 3 is 2.00 bits per heavy atom. The Balaban J connectivity index is 2.53. The summed E-state index contributed by atoms with van der Waals surface area (Å²) in [5, 5.41) is 8.85. The molecule has 0 aromatic carbocycles. The van der Waals surface area contributed by atoms with Crippen LogP contribution in [0.4, 0.5) is 0 Å². The van der Waals surface area contributed by atoms with Gasteiger partial charge in [-0.05, 0) is 18.8 Å². The van der Waals surface area contributed by atoms with Gasteiger partial charge in [-0.3, -0.25) is 0 Å². The highest BCUT2D eigenvalue weighted by atomic mass is 16.5. The van der Waals surface area contributed by atoms with Gasteiger partial charge in [-0.25, -0.2) is 0 Å². The van der Waals surface area contributed by atoms with Crippen LogP contribution in [0.3, 0.4) is 0 Å². The van der Waals surface area contributed by atoms with Crippen LogP contribution in [0.5, 0.6) is 0 Å². The molecule has 0 saturated carbocycles. The van der Waals surface area contributed by atoms with Gasteiger partial charge in [0.2, 0.25) is 0 Å². The minimum Gasteiger partial charge on any atom is -0.394 e. The van der Waals surface area contributed by atoms with Crippen LogP contribution < -0.4 is 0 Å². The lowest BCUT2D eigenvalue weighted by molar-refractivity contribution is 0.00657. The van der Waals surface area contributed by atoms with Crippen molar-refractivity contribution in [2.24, 2.45) is 11.8 Å². The number of rotatable bonds is 1. The van der Waals surface area contributed by atoms with E-state index in [-0.39, 0.29) is 12.7 Å². The van der Waals surface area contributed by atoms with Gasteiger partial charge in [0, 0.05) is 0 Å². The Morgan fingerprint density at radius 1 is 1.20 bits per heavy atom. The summed E-state index contributed by atoms with van der Waals surface area (Å²) in [6.45, 7) is 6.53. The monoisotopic (exact) mass is 144 g/mol. The van der Waals surface area contributed by atoms with E-state index in [0.717, 1.165) is 0 Å². The summed E-state index contributed by atoms with van der Waals surface area (Å²) in [6, 6.07) is 0. The first kappa shape index (κ1) is 8.02. The molecule has 0 aliphatic carbocycles. The molecule has 1 saturated heterocycles. The lowest BCUT2D eigenvalue weighted by atomic mass is 9.91. The maximum absolute atomic E-state index is 8.85. The number of aliphatic hydroxyl groups is 1. The Bertz CT molecular complexity index is 114. The molecule has 2 nitrogen and oxygen atoms in total. The fraction of sp³-hybridized carbons (Fsp3) is 1.00. The van der Waals surface area contributed by atoms with Crippen molar-refractivity contribution in [1.29, 1.82) is 0 Å². The summed E-state index contributed by atoms with van der Waals surface area (Å²) in [5.41, 5.74) is 0. The van der Waals surface area contributed by atoms with E-state index in [1.54, 1.807) is 0 Å². The molecule has 1 aliphatic rings. The summed E-state index contributed by atoms with van der Waals surface area (Å²) in [4.78, 5) is 0. The van der Waals surface area contributed by atoms with Crippen molar-refractivity contribution in [3.05, 3.63) is 0 Å². The van der Waals surface area contributed by atoms with Crippen LogP contribution in [0.1, 0.15) is 20.8 Å². The van der Waals surface area contributed by atoms with Crippen molar-refractivity contribution in [3.63, 3.8) is 0 Å². The molecule has 1 fully saturated rings. The Morgan fingerprint density at radius 2 is 1.80 bits per heavy atom. The van der Waals surface area contributed by atoms with Gasteiger partial charge in [0.1, 0.15) is 0 Å². The van der Waals surface area contributed by atoms with Crippen LogP contribution >= 0.6 is 0 Å². The van der Waals surface area contributed by atoms with Crippen molar-refractivity contribution >= 4 is 0 Å². The van der Waals surface area contributed by atoms with Crippen LogP contribution in [-0.4, -0.2) is 23.9 Å². The molecule has 2 heteroatoms. The molecule has 60 valence electrons. The quantitative estimate of drug-likeness (QED) is 0.595. The van der Waals surface area contributed by atoms with Gasteiger partial charge < -0.3 is 9.84 Å². The van der Waals surface area contributed by atoms with Crippen molar-refractivity contribution in [2.75, 3.05) is 6.61 Å². The molecule has 10 heavy (non-hydrogen) atoms. The van der Waals surface area contributed by atoms with Crippen LogP contribution in [0.15, 0.2) is 0 Å². The first-order valence-corrected chi connectivity index (χ1v) is 3.93. The van der Waals surface area contributed by atoms with Gasteiger partial charge in [-0.15, -0.1) is 0 Å². The summed E-state index contributed by atoms with van der Waals surface area (Å²) < 4.78 is 5.48. The topological polar surface area (TPSA) is 29.5 Å². The number of aliphatic hydroxyl groups excluding tert-OH is 1. The average molecular weight is 144 g/mol. The molecule has 1 unspecified atom stereocenters. The predicted octanol–water partition coefficient (Wildman–Crippen LogP) is 1.04. The van der Waals surface area contributed by atoms with Crippen LogP contribution in [0.2, 0.25) is 0 Å². The molecule has 0 amide bonds. The third-order valence-electron chi connectivity index (χ3n) is 2.73. The number of hydrogen-bond donors (Lipinski definition) is 1. The normalized spacial score (nSPS) is 48.0. The van der Waals surface area contributed by atoms with E-state index in [0.29, 0.717) is 17.9 Å². The molecule has 0 aromatic rings. The van der Waals surface area contributed by atoms with Crippen LogP contribution in [0.25, 0.3) is 0 Å². The molecule has 1 rings (SSSR count). The largest absolute Gasteiger partial charge is 0.394 e. The number of ether oxygens (including phenoxy) is 1. The Labute approximate surface area is 62.2 Å². The molecule has 1 heterocycles. The second-order valence-electron chi connectivity index (χ2n) is 3.28. The van der Waals surface area contributed by atoms with E-state index in [1.165, 1.54) is 0 Å². The molecular formula is C8H16O2. The van der Waals surface area contributed by atoms with Crippen molar-refractivity contribution in [2.45, 2.75) is 33.0 Å². The minimum absolute atomic E-state index is 0.0741. The van der Waals surface area contributed by atoms with Crippen LogP contribution in [0, 0.1) is 11.8 Å². The summed E-state index contributed by atoms with van der Waals surface area (Å²) in [6.07, 6.45) is 0.386. The average Bonchev–Trinajstić information content (AvgIpc) is 2.17. The van der Waals surface area contributed by atoms with Gasteiger partial charge >= 0.3 is 0 Å². The van der Waals surface area contributed by atoms with Gasteiger partial charge in [-0.2, -0.15) is 0 Å². The molecular weight excluding hydrogens is 128 g/mol. The van der Waals surface area contributed by atoms with Crippen molar-refractivity contribution in [1.82, 2.24) is 0 Å². The zero-order valence-corrected chi connectivity index (χ0v) is 6.87. The Hall–Kier alpha value is -0.0800. The lowest BCUT2D eigenvalue weighted by Crippen LogP contribution is -2.19. The highest BCUT2D eigenvalue weighted by Crippen LogP contribution is 2.31. The molecule has 0 aromatic heterocycles. The number of hydrogen-bond acceptors (Lipinski definition) is 2. The van der Waals surface area contributed by atoms with Crippen molar-refractivity contribution in [3.8, 4) is 0 Å². The fourth-order valence-corrected chi connectivity index (χ4v) is 1.50. The Kier molecular flexibility index (Phi) is 2.32. The molecule has 1 N–H and O–H groups in total. The van der Waals surface area contributed by atoms with E-state index in [9.17, 15) is 0 Å². The highest BCUT2D eigenvalue weighted by molar-refractivity contribution is 4.82. The maximum atomic E-state index is 8.85. The van der Waals surface area contributed by atoms with E-state index < -0.39 is 0 Å². The smallest absolute Gasteiger partial charge is 0.0838 e. The first-order chi connectivity index (χ1) is 4.66. The zero-order chi connectivity index (χ0) is 7.72. The molecule has 0 radical (unpaired) electrons. The zero-order valence-electron chi connectivity index (χ0n) is 6.87. The minimum atomic E-state index is 0.0741. The lowest BCUT2D eigenvalue weighted by Gasteiger charge is -2.12. The van der Waals surface area contributed by atoms with E-state index >= 15 is 0 Å². The summed E-state index contributed by atoms with van der Waals surface area (Å²) in [7, 11) is 0. The SMILES string of the molecule is CC1O[C@H](CO)[C@@H](C)[C@H]1C. The molecule has 1 aliphatic heterocycles. The maximum Gasteiger partial charge on any atom is 0.0838 e. The molecule has 0 bridgehead atoms. The van der Waals surface area contributed by atoms with Gasteiger partial charge in [0.25, 0.3) is 0 Å². The predicted molar refractivity (Wildman–Crippen MR) is 39.7 cm³/mol. The first-order valence-electron chi connectivity index (χ1n) is 3.93. The van der Waals surface area contributed by atoms with E-state index in [1.807, 2.05) is 0 Å². The molecule has 0 spiro atoms. The second kappa shape index (κ2) is 2.89. The summed E-state index contributed by atoms with van der Waals surface area (Å²) >= 11 is 0. The fourth-order valence-electron chi connectivity index (χ4n) is 1.50. The van der Waals surface area contributed by atoms with E-state index in [4.69, 9.17) is 9.84 Å². The van der Waals surface area contributed by atoms with Crippen molar-refractivity contribution < 1.29 is 9.84 Å². The van der Waals surface area contributed by atoms with Gasteiger partial charge in [0.15, 0.2) is 0 Å². The molecule has 4 atom stereocenters. The van der Waals surface area contributed by atoms with Gasteiger partial charge in [0.05, 0.1) is 18.8 Å².